The van der Waals surface area contributed by atoms with Gasteiger partial charge in [-0.3, -0.25) is 4.79 Å². The van der Waals surface area contributed by atoms with Crippen LogP contribution in [0.4, 0.5) is 4.79 Å². The van der Waals surface area contributed by atoms with Crippen molar-refractivity contribution in [2.45, 2.75) is 37.8 Å². The normalized spacial score (nSPS) is 19.8. The van der Waals surface area contributed by atoms with E-state index >= 15 is 0 Å². The number of aromatic amines is 1. The summed E-state index contributed by atoms with van der Waals surface area (Å²) < 4.78 is 16.3. The molecule has 0 aliphatic heterocycles. The van der Waals surface area contributed by atoms with Gasteiger partial charge in [0.2, 0.25) is 0 Å². The fourth-order valence-corrected chi connectivity index (χ4v) is 3.35. The van der Waals surface area contributed by atoms with E-state index < -0.39 is 0 Å². The molecule has 1 fully saturated rings. The highest BCUT2D eigenvalue weighted by molar-refractivity contribution is 5.81. The van der Waals surface area contributed by atoms with Crippen molar-refractivity contribution in [1.29, 1.82) is 0 Å². The van der Waals surface area contributed by atoms with Crippen LogP contribution in [-0.2, 0) is 4.74 Å². The maximum atomic E-state index is 12.0. The van der Waals surface area contributed by atoms with Gasteiger partial charge in [-0.15, -0.1) is 0 Å². The SMILES string of the molecule is COC(=O)N(C)C1CCC(Oc2cc3c(=O)[nH]cnc3cc2OC)CC1. The Kier molecular flexibility index (Phi) is 5.29. The lowest BCUT2D eigenvalue weighted by atomic mass is 9.92. The van der Waals surface area contributed by atoms with Crippen molar-refractivity contribution in [3.05, 3.63) is 28.8 Å². The molecule has 3 rings (SSSR count). The van der Waals surface area contributed by atoms with Crippen molar-refractivity contribution in [3.63, 3.8) is 0 Å². The summed E-state index contributed by atoms with van der Waals surface area (Å²) >= 11 is 0. The number of amides is 1. The first-order valence-electron chi connectivity index (χ1n) is 8.56. The summed E-state index contributed by atoms with van der Waals surface area (Å²) in [6.07, 6.45) is 4.30. The first-order valence-corrected chi connectivity index (χ1v) is 8.56. The summed E-state index contributed by atoms with van der Waals surface area (Å²) in [7, 11) is 4.70. The molecular formula is C18H23N3O5. The van der Waals surface area contributed by atoms with Gasteiger partial charge in [0, 0.05) is 19.2 Å². The minimum Gasteiger partial charge on any atom is -0.493 e. The molecule has 1 aliphatic rings. The Balaban J connectivity index is 1.73. The molecule has 0 saturated heterocycles. The van der Waals surface area contributed by atoms with Crippen LogP contribution in [0, 0.1) is 0 Å². The van der Waals surface area contributed by atoms with Gasteiger partial charge in [0.25, 0.3) is 5.56 Å². The number of hydrogen-bond donors (Lipinski definition) is 1. The molecule has 26 heavy (non-hydrogen) atoms. The third kappa shape index (κ3) is 3.58. The number of carbonyl (C=O) groups is 1. The smallest absolute Gasteiger partial charge is 0.409 e. The largest absolute Gasteiger partial charge is 0.493 e. The second-order valence-corrected chi connectivity index (χ2v) is 6.38. The molecule has 0 atom stereocenters. The van der Waals surface area contributed by atoms with Crippen molar-refractivity contribution < 1.29 is 19.0 Å². The highest BCUT2D eigenvalue weighted by atomic mass is 16.5. The van der Waals surface area contributed by atoms with Gasteiger partial charge in [-0.1, -0.05) is 0 Å². The molecule has 0 unspecified atom stereocenters. The van der Waals surface area contributed by atoms with Gasteiger partial charge in [0.05, 0.1) is 37.6 Å². The lowest BCUT2D eigenvalue weighted by Crippen LogP contribution is -2.41. The molecular weight excluding hydrogens is 338 g/mol. The number of rotatable bonds is 4. The molecule has 1 N–H and O–H groups in total. The maximum Gasteiger partial charge on any atom is 0.409 e. The predicted octanol–water partition coefficient (Wildman–Crippen LogP) is 2.32. The van der Waals surface area contributed by atoms with Gasteiger partial charge in [0.1, 0.15) is 0 Å². The van der Waals surface area contributed by atoms with Crippen molar-refractivity contribution in [1.82, 2.24) is 14.9 Å². The van der Waals surface area contributed by atoms with Crippen molar-refractivity contribution >= 4 is 17.0 Å². The molecule has 1 aliphatic carbocycles. The van der Waals surface area contributed by atoms with Crippen LogP contribution in [0.5, 0.6) is 11.5 Å². The average Bonchev–Trinajstić information content (AvgIpc) is 2.67. The second-order valence-electron chi connectivity index (χ2n) is 6.38. The minimum atomic E-state index is -0.322. The molecule has 1 aromatic carbocycles. The first-order chi connectivity index (χ1) is 12.5. The van der Waals surface area contributed by atoms with Gasteiger partial charge < -0.3 is 24.1 Å². The second kappa shape index (κ2) is 7.63. The summed E-state index contributed by atoms with van der Waals surface area (Å²) in [6, 6.07) is 3.52. The van der Waals surface area contributed by atoms with E-state index in [2.05, 4.69) is 9.97 Å². The first kappa shape index (κ1) is 18.0. The number of nitrogens with one attached hydrogen (secondary N) is 1. The van der Waals surface area contributed by atoms with Crippen LogP contribution in [-0.4, -0.2) is 54.4 Å². The predicted molar refractivity (Wildman–Crippen MR) is 95.8 cm³/mol. The van der Waals surface area contributed by atoms with Gasteiger partial charge in [0.15, 0.2) is 11.5 Å². The van der Waals surface area contributed by atoms with E-state index in [1.807, 2.05) is 0 Å². The molecule has 8 nitrogen and oxygen atoms in total. The molecule has 0 bridgehead atoms. The third-order valence-corrected chi connectivity index (χ3v) is 4.87. The molecule has 1 aromatic heterocycles. The van der Waals surface area contributed by atoms with Crippen LogP contribution in [0.15, 0.2) is 23.3 Å². The number of aromatic nitrogens is 2. The monoisotopic (exact) mass is 361 g/mol. The summed E-state index contributed by atoms with van der Waals surface area (Å²) in [6.45, 7) is 0. The zero-order valence-electron chi connectivity index (χ0n) is 15.2. The molecule has 1 saturated carbocycles. The highest BCUT2D eigenvalue weighted by Crippen LogP contribution is 2.34. The number of hydrogen-bond acceptors (Lipinski definition) is 6. The molecule has 0 spiro atoms. The maximum absolute atomic E-state index is 12.0. The molecule has 1 amide bonds. The Hall–Kier alpha value is -2.77. The molecule has 2 aromatic rings. The molecule has 1 heterocycles. The van der Waals surface area contributed by atoms with Crippen LogP contribution in [0.2, 0.25) is 0 Å². The molecule has 0 radical (unpaired) electrons. The van der Waals surface area contributed by atoms with Crippen LogP contribution in [0.3, 0.4) is 0 Å². The van der Waals surface area contributed by atoms with E-state index in [9.17, 15) is 9.59 Å². The summed E-state index contributed by atoms with van der Waals surface area (Å²) in [4.78, 5) is 32.0. The molecule has 8 heteroatoms. The number of benzene rings is 1. The summed E-state index contributed by atoms with van der Waals surface area (Å²) in [5.74, 6) is 1.08. The number of nitrogens with zero attached hydrogens (tertiary/aromatic N) is 2. The number of ether oxygens (including phenoxy) is 3. The lowest BCUT2D eigenvalue weighted by molar-refractivity contribution is 0.0801. The van der Waals surface area contributed by atoms with E-state index in [4.69, 9.17) is 14.2 Å². The Labute approximate surface area is 151 Å². The fourth-order valence-electron chi connectivity index (χ4n) is 3.35. The summed E-state index contributed by atoms with van der Waals surface area (Å²) in [5, 5.41) is 0.461. The zero-order valence-corrected chi connectivity index (χ0v) is 15.2. The number of carbonyl (C=O) groups excluding carboxylic acids is 1. The average molecular weight is 361 g/mol. The van der Waals surface area contributed by atoms with Gasteiger partial charge in [-0.25, -0.2) is 9.78 Å². The van der Waals surface area contributed by atoms with E-state index in [1.165, 1.54) is 13.4 Å². The Morgan fingerprint density at radius 3 is 2.58 bits per heavy atom. The van der Waals surface area contributed by atoms with Crippen LogP contribution in [0.25, 0.3) is 10.9 Å². The van der Waals surface area contributed by atoms with Crippen molar-refractivity contribution in [2.24, 2.45) is 0 Å². The number of methoxy groups -OCH3 is 2. The standard InChI is InChI=1S/C18H23N3O5/c1-21(18(23)25-3)11-4-6-12(7-5-11)26-16-8-13-14(9-15(16)24-2)19-10-20-17(13)22/h8-12H,4-7H2,1-3H3,(H,19,20,22). The number of H-pyrrole nitrogens is 1. The van der Waals surface area contributed by atoms with E-state index in [1.54, 1.807) is 31.2 Å². The fraction of sp³-hybridized carbons (Fsp3) is 0.500. The van der Waals surface area contributed by atoms with Gasteiger partial charge in [-0.2, -0.15) is 0 Å². The summed E-state index contributed by atoms with van der Waals surface area (Å²) in [5.41, 5.74) is 0.340. The Morgan fingerprint density at radius 1 is 1.19 bits per heavy atom. The lowest BCUT2D eigenvalue weighted by Gasteiger charge is -2.34. The minimum absolute atomic E-state index is 0.000556. The van der Waals surface area contributed by atoms with Crippen LogP contribution < -0.4 is 15.0 Å². The third-order valence-electron chi connectivity index (χ3n) is 4.87. The number of fused-ring (bicyclic) bond motifs is 1. The van der Waals surface area contributed by atoms with Gasteiger partial charge in [-0.05, 0) is 31.7 Å². The Bertz CT molecular complexity index is 842. The van der Waals surface area contributed by atoms with E-state index in [0.717, 1.165) is 25.7 Å². The molecule has 140 valence electrons. The van der Waals surface area contributed by atoms with Crippen LogP contribution >= 0.6 is 0 Å². The topological polar surface area (TPSA) is 93.8 Å². The van der Waals surface area contributed by atoms with E-state index in [0.29, 0.717) is 22.4 Å². The van der Waals surface area contributed by atoms with Crippen LogP contribution in [0.1, 0.15) is 25.7 Å². The zero-order chi connectivity index (χ0) is 18.7. The Morgan fingerprint density at radius 2 is 1.92 bits per heavy atom. The highest BCUT2D eigenvalue weighted by Gasteiger charge is 2.28. The van der Waals surface area contributed by atoms with Crippen molar-refractivity contribution in [2.75, 3.05) is 21.3 Å². The van der Waals surface area contributed by atoms with Crippen molar-refractivity contribution in [3.8, 4) is 11.5 Å². The quantitative estimate of drug-likeness (QED) is 0.898. The van der Waals surface area contributed by atoms with E-state index in [-0.39, 0.29) is 23.8 Å². The van der Waals surface area contributed by atoms with Gasteiger partial charge >= 0.3 is 6.09 Å².